The first-order valence-corrected chi connectivity index (χ1v) is 6.08. The third kappa shape index (κ3) is 3.73. The summed E-state index contributed by atoms with van der Waals surface area (Å²) in [6, 6.07) is 13.2. The third-order valence-corrected chi connectivity index (χ3v) is 2.66. The monoisotopic (exact) mass is 287 g/mol. The van der Waals surface area contributed by atoms with E-state index < -0.39 is 12.1 Å². The molecule has 0 fully saturated rings. The number of benzene rings is 2. The van der Waals surface area contributed by atoms with Crippen molar-refractivity contribution in [3.8, 4) is 5.75 Å². The van der Waals surface area contributed by atoms with Crippen molar-refractivity contribution in [3.63, 3.8) is 0 Å². The van der Waals surface area contributed by atoms with E-state index >= 15 is 0 Å². The van der Waals surface area contributed by atoms with Gasteiger partial charge in [-0.25, -0.2) is 9.59 Å². The van der Waals surface area contributed by atoms with Crippen molar-refractivity contribution in [2.24, 2.45) is 0 Å². The molecule has 21 heavy (non-hydrogen) atoms. The largest absolute Gasteiger partial charge is 0.514 e. The Morgan fingerprint density at radius 3 is 2.43 bits per heavy atom. The highest BCUT2D eigenvalue weighted by molar-refractivity contribution is 5.94. The second-order valence-corrected chi connectivity index (χ2v) is 4.16. The van der Waals surface area contributed by atoms with Crippen molar-refractivity contribution in [2.75, 3.05) is 5.73 Å². The van der Waals surface area contributed by atoms with Gasteiger partial charge in [-0.1, -0.05) is 36.4 Å². The van der Waals surface area contributed by atoms with Gasteiger partial charge in [0.2, 0.25) is 0 Å². The van der Waals surface area contributed by atoms with Gasteiger partial charge in [0.25, 0.3) is 0 Å². The van der Waals surface area contributed by atoms with Crippen LogP contribution in [0.5, 0.6) is 5.75 Å². The van der Waals surface area contributed by atoms with Gasteiger partial charge >= 0.3 is 12.1 Å². The molecule has 0 aliphatic carbocycles. The number of carboxylic acids is 1. The minimum atomic E-state index is -1.24. The number of rotatable bonds is 4. The molecule has 2 aromatic carbocycles. The molecule has 0 bridgehead atoms. The first-order valence-electron chi connectivity index (χ1n) is 6.08. The van der Waals surface area contributed by atoms with Crippen molar-refractivity contribution in [2.45, 2.75) is 6.61 Å². The summed E-state index contributed by atoms with van der Waals surface area (Å²) in [5.74, 6) is -1.46. The van der Waals surface area contributed by atoms with Crippen molar-refractivity contribution in [1.82, 2.24) is 0 Å². The first kappa shape index (κ1) is 14.4. The Bertz CT molecular complexity index is 654. The normalized spacial score (nSPS) is 9.90. The van der Waals surface area contributed by atoms with Crippen LogP contribution in [-0.2, 0) is 11.3 Å². The molecule has 6 nitrogen and oxygen atoms in total. The van der Waals surface area contributed by atoms with Crippen molar-refractivity contribution < 1.29 is 24.2 Å². The summed E-state index contributed by atoms with van der Waals surface area (Å²) in [6.07, 6.45) is -1.01. The van der Waals surface area contributed by atoms with Gasteiger partial charge in [0.15, 0.2) is 5.75 Å². The van der Waals surface area contributed by atoms with E-state index in [1.807, 2.05) is 18.2 Å². The van der Waals surface area contributed by atoms with Crippen molar-refractivity contribution in [1.29, 1.82) is 0 Å². The summed E-state index contributed by atoms with van der Waals surface area (Å²) in [6.45, 7) is 0.0226. The van der Waals surface area contributed by atoms with Gasteiger partial charge in [-0.2, -0.15) is 0 Å². The van der Waals surface area contributed by atoms with Gasteiger partial charge in [0, 0.05) is 0 Å². The molecular formula is C15H13NO5. The number of ether oxygens (including phenoxy) is 2. The van der Waals surface area contributed by atoms with Crippen LogP contribution in [0.15, 0.2) is 48.5 Å². The molecule has 0 amide bonds. The molecule has 0 saturated heterocycles. The van der Waals surface area contributed by atoms with Crippen molar-refractivity contribution in [3.05, 3.63) is 59.7 Å². The molecule has 0 unspecified atom stereocenters. The number of carboxylic acid groups (broad SMARTS) is 1. The lowest BCUT2D eigenvalue weighted by molar-refractivity contribution is 0.0688. The van der Waals surface area contributed by atoms with E-state index in [1.54, 1.807) is 12.1 Å². The number of aromatic carboxylic acids is 1. The highest BCUT2D eigenvalue weighted by Crippen LogP contribution is 2.26. The van der Waals surface area contributed by atoms with Gasteiger partial charge in [-0.05, 0) is 17.7 Å². The molecular weight excluding hydrogens is 274 g/mol. The van der Waals surface area contributed by atoms with Crippen LogP contribution >= 0.6 is 0 Å². The molecule has 0 aromatic heterocycles. The van der Waals surface area contributed by atoms with Crippen molar-refractivity contribution >= 4 is 17.8 Å². The van der Waals surface area contributed by atoms with Crippen LogP contribution in [0.2, 0.25) is 0 Å². The Kier molecular flexibility index (Phi) is 4.40. The summed E-state index contributed by atoms with van der Waals surface area (Å²) >= 11 is 0. The van der Waals surface area contributed by atoms with E-state index in [0.717, 1.165) is 5.56 Å². The number of carbonyl (C=O) groups excluding carboxylic acids is 1. The Hall–Kier alpha value is -3.02. The molecule has 0 radical (unpaired) electrons. The fourth-order valence-corrected chi connectivity index (χ4v) is 1.67. The number of anilines is 1. The van der Waals surface area contributed by atoms with E-state index in [0.29, 0.717) is 0 Å². The minimum absolute atomic E-state index is 0.0226. The maximum atomic E-state index is 11.6. The van der Waals surface area contributed by atoms with Crippen LogP contribution in [-0.4, -0.2) is 17.2 Å². The first-order chi connectivity index (χ1) is 10.1. The summed E-state index contributed by atoms with van der Waals surface area (Å²) in [4.78, 5) is 22.7. The van der Waals surface area contributed by atoms with E-state index in [1.165, 1.54) is 18.2 Å². The van der Waals surface area contributed by atoms with E-state index in [4.69, 9.17) is 20.3 Å². The molecule has 3 N–H and O–H groups in total. The SMILES string of the molecule is Nc1cccc(C(=O)O)c1OC(=O)OCc1ccccc1. The van der Waals surface area contributed by atoms with E-state index in [9.17, 15) is 9.59 Å². The molecule has 108 valence electrons. The van der Waals surface area contributed by atoms with E-state index in [-0.39, 0.29) is 23.6 Å². The number of hydrogen-bond donors (Lipinski definition) is 2. The smallest absolute Gasteiger partial charge is 0.478 e. The Morgan fingerprint density at radius 1 is 1.05 bits per heavy atom. The molecule has 0 heterocycles. The Labute approximate surface area is 120 Å². The number of para-hydroxylation sites is 1. The zero-order valence-corrected chi connectivity index (χ0v) is 11.0. The van der Waals surface area contributed by atoms with Crippen LogP contribution in [0.1, 0.15) is 15.9 Å². The maximum Gasteiger partial charge on any atom is 0.514 e. The molecule has 0 saturated carbocycles. The highest BCUT2D eigenvalue weighted by atomic mass is 16.7. The fourth-order valence-electron chi connectivity index (χ4n) is 1.67. The molecule has 2 aromatic rings. The average Bonchev–Trinajstić information content (AvgIpc) is 2.48. The van der Waals surface area contributed by atoms with Gasteiger partial charge in [-0.15, -0.1) is 0 Å². The topological polar surface area (TPSA) is 98.9 Å². The zero-order chi connectivity index (χ0) is 15.2. The second kappa shape index (κ2) is 6.42. The lowest BCUT2D eigenvalue weighted by atomic mass is 10.2. The highest BCUT2D eigenvalue weighted by Gasteiger charge is 2.18. The third-order valence-electron chi connectivity index (χ3n) is 2.66. The predicted octanol–water partition coefficient (Wildman–Crippen LogP) is 2.68. The predicted molar refractivity (Wildman–Crippen MR) is 75.1 cm³/mol. The van der Waals surface area contributed by atoms with Crippen LogP contribution in [0.3, 0.4) is 0 Å². The quantitative estimate of drug-likeness (QED) is 0.509. The summed E-state index contributed by atoms with van der Waals surface area (Å²) in [5, 5.41) is 9.02. The summed E-state index contributed by atoms with van der Waals surface area (Å²) in [5.41, 5.74) is 6.25. The van der Waals surface area contributed by atoms with Gasteiger partial charge in [0.1, 0.15) is 12.2 Å². The van der Waals surface area contributed by atoms with Crippen LogP contribution in [0.25, 0.3) is 0 Å². The van der Waals surface area contributed by atoms with Crippen LogP contribution in [0.4, 0.5) is 10.5 Å². The Balaban J connectivity index is 2.05. The lowest BCUT2D eigenvalue weighted by Gasteiger charge is -2.10. The molecule has 0 spiro atoms. The van der Waals surface area contributed by atoms with Crippen LogP contribution < -0.4 is 10.5 Å². The minimum Gasteiger partial charge on any atom is -0.478 e. The summed E-state index contributed by atoms with van der Waals surface area (Å²) in [7, 11) is 0. The van der Waals surface area contributed by atoms with Crippen LogP contribution in [0, 0.1) is 0 Å². The summed E-state index contributed by atoms with van der Waals surface area (Å²) < 4.78 is 9.80. The molecule has 0 atom stereocenters. The Morgan fingerprint density at radius 2 is 1.76 bits per heavy atom. The molecule has 6 heteroatoms. The molecule has 0 aliphatic heterocycles. The number of nitrogens with two attached hydrogens (primary N) is 1. The average molecular weight is 287 g/mol. The van der Waals surface area contributed by atoms with Gasteiger partial charge in [0.05, 0.1) is 5.69 Å². The number of hydrogen-bond acceptors (Lipinski definition) is 5. The fraction of sp³-hybridized carbons (Fsp3) is 0.0667. The second-order valence-electron chi connectivity index (χ2n) is 4.16. The lowest BCUT2D eigenvalue weighted by Crippen LogP contribution is -2.14. The molecule has 2 rings (SSSR count). The van der Waals surface area contributed by atoms with Gasteiger partial charge in [-0.3, -0.25) is 0 Å². The van der Waals surface area contributed by atoms with E-state index in [2.05, 4.69) is 0 Å². The molecule has 0 aliphatic rings. The van der Waals surface area contributed by atoms with Gasteiger partial charge < -0.3 is 20.3 Å². The number of nitrogen functional groups attached to an aromatic ring is 1. The zero-order valence-electron chi connectivity index (χ0n) is 11.0. The standard InChI is InChI=1S/C15H13NO5/c16-12-8-4-7-11(14(17)18)13(12)21-15(19)20-9-10-5-2-1-3-6-10/h1-8H,9,16H2,(H,17,18). The number of carbonyl (C=O) groups is 2. The maximum absolute atomic E-state index is 11.6.